The summed E-state index contributed by atoms with van der Waals surface area (Å²) in [6.07, 6.45) is 0.964. The molecule has 0 amide bonds. The molecule has 0 unspecified atom stereocenters. The van der Waals surface area contributed by atoms with E-state index in [2.05, 4.69) is 24.3 Å². The second-order valence-corrected chi connectivity index (χ2v) is 7.64. The Morgan fingerprint density at radius 3 is 1.73 bits per heavy atom. The van der Waals surface area contributed by atoms with E-state index in [9.17, 15) is 5.11 Å². The minimum atomic E-state index is -0.465. The first-order chi connectivity index (χ1) is 12.7. The number of aliphatic hydroxyl groups excluding tert-OH is 1. The van der Waals surface area contributed by atoms with Crippen molar-refractivity contribution in [2.75, 3.05) is 13.2 Å². The number of ether oxygens (including phenoxy) is 2. The number of halogens is 1. The maximum absolute atomic E-state index is 10.2. The van der Waals surface area contributed by atoms with Gasteiger partial charge in [-0.3, -0.25) is 0 Å². The molecule has 1 aliphatic carbocycles. The number of rotatable bonds is 8. The van der Waals surface area contributed by atoms with E-state index in [1.54, 1.807) is 0 Å². The highest BCUT2D eigenvalue weighted by Crippen LogP contribution is 2.34. The molecular weight excluding hydrogens is 348 g/mol. The van der Waals surface area contributed by atoms with Gasteiger partial charge < -0.3 is 14.6 Å². The zero-order chi connectivity index (χ0) is 18.2. The minimum Gasteiger partial charge on any atom is -0.392 e. The molecule has 4 heteroatoms. The first-order valence-electron chi connectivity index (χ1n) is 9.28. The van der Waals surface area contributed by atoms with E-state index in [4.69, 9.17) is 21.1 Å². The Morgan fingerprint density at radius 2 is 1.23 bits per heavy atom. The van der Waals surface area contributed by atoms with E-state index < -0.39 is 6.10 Å². The summed E-state index contributed by atoms with van der Waals surface area (Å²) in [6, 6.07) is 20.3. The quantitative estimate of drug-likeness (QED) is 0.695. The Morgan fingerprint density at radius 1 is 0.769 bits per heavy atom. The van der Waals surface area contributed by atoms with Crippen molar-refractivity contribution in [2.45, 2.75) is 37.5 Å². The molecule has 1 fully saturated rings. The van der Waals surface area contributed by atoms with Gasteiger partial charge in [0.05, 0.1) is 37.9 Å². The largest absolute Gasteiger partial charge is 0.392 e. The summed E-state index contributed by atoms with van der Waals surface area (Å²) in [5.41, 5.74) is 2.33. The molecule has 0 heterocycles. The van der Waals surface area contributed by atoms with Crippen LogP contribution in [0.3, 0.4) is 0 Å². The number of hydrogen-bond donors (Lipinski definition) is 1. The molecule has 2 aromatic rings. The predicted molar refractivity (Wildman–Crippen MR) is 104 cm³/mol. The zero-order valence-electron chi connectivity index (χ0n) is 15.0. The fourth-order valence-corrected chi connectivity index (χ4v) is 3.83. The molecule has 3 nitrogen and oxygen atoms in total. The lowest BCUT2D eigenvalue weighted by Gasteiger charge is -2.36. The smallest absolute Gasteiger partial charge is 0.0717 e. The SMILES string of the molecule is O[C@H]1C[C@@H](COCc2ccccc2)[C@@H](COCc2ccccc2)C[C@@H]1Cl. The Bertz CT molecular complexity index is 577. The molecule has 0 aliphatic heterocycles. The summed E-state index contributed by atoms with van der Waals surface area (Å²) < 4.78 is 11.9. The molecule has 0 spiro atoms. The normalized spacial score (nSPS) is 25.9. The van der Waals surface area contributed by atoms with Gasteiger partial charge in [-0.15, -0.1) is 11.6 Å². The first kappa shape index (κ1) is 19.4. The monoisotopic (exact) mass is 374 g/mol. The van der Waals surface area contributed by atoms with Crippen LogP contribution in [0.25, 0.3) is 0 Å². The van der Waals surface area contributed by atoms with Crippen molar-refractivity contribution in [3.05, 3.63) is 71.8 Å². The third-order valence-electron chi connectivity index (χ3n) is 5.04. The van der Waals surface area contributed by atoms with Crippen molar-refractivity contribution in [3.8, 4) is 0 Å². The Kier molecular flexibility index (Phi) is 7.51. The van der Waals surface area contributed by atoms with Crippen LogP contribution in [0.1, 0.15) is 24.0 Å². The van der Waals surface area contributed by atoms with Crippen LogP contribution in [0.5, 0.6) is 0 Å². The fraction of sp³-hybridized carbons (Fsp3) is 0.455. The summed E-state index contributed by atoms with van der Waals surface area (Å²) in [5, 5.41) is 9.95. The Balaban J connectivity index is 1.49. The van der Waals surface area contributed by atoms with E-state index in [1.165, 1.54) is 5.56 Å². The molecule has 1 saturated carbocycles. The van der Waals surface area contributed by atoms with E-state index in [1.807, 2.05) is 36.4 Å². The molecule has 0 aromatic heterocycles. The number of benzene rings is 2. The second kappa shape index (κ2) is 10.1. The molecule has 1 aliphatic rings. The topological polar surface area (TPSA) is 38.7 Å². The van der Waals surface area contributed by atoms with Crippen LogP contribution in [0.4, 0.5) is 0 Å². The van der Waals surface area contributed by atoms with Gasteiger partial charge >= 0.3 is 0 Å². The van der Waals surface area contributed by atoms with Gasteiger partial charge in [-0.1, -0.05) is 60.7 Å². The van der Waals surface area contributed by atoms with Crippen molar-refractivity contribution in [2.24, 2.45) is 11.8 Å². The molecule has 1 N–H and O–H groups in total. The molecular formula is C22H27ClO3. The van der Waals surface area contributed by atoms with Crippen LogP contribution in [0.15, 0.2) is 60.7 Å². The van der Waals surface area contributed by atoms with Crippen LogP contribution >= 0.6 is 11.6 Å². The maximum Gasteiger partial charge on any atom is 0.0717 e. The molecule has 140 valence electrons. The molecule has 26 heavy (non-hydrogen) atoms. The molecule has 0 radical (unpaired) electrons. The lowest BCUT2D eigenvalue weighted by molar-refractivity contribution is -0.0248. The van der Waals surface area contributed by atoms with Gasteiger partial charge in [-0.25, -0.2) is 0 Å². The van der Waals surface area contributed by atoms with Crippen molar-refractivity contribution in [3.63, 3.8) is 0 Å². The standard InChI is InChI=1S/C22H27ClO3/c23-21-11-19(15-25-13-17-7-3-1-4-8-17)20(12-22(21)24)16-26-14-18-9-5-2-6-10-18/h1-10,19-22,24H,11-16H2/t19-,20+,21+,22+/m1/s1. The zero-order valence-corrected chi connectivity index (χ0v) is 15.7. The second-order valence-electron chi connectivity index (χ2n) is 7.08. The van der Waals surface area contributed by atoms with E-state index in [-0.39, 0.29) is 11.3 Å². The highest BCUT2D eigenvalue weighted by atomic mass is 35.5. The Labute approximate surface area is 160 Å². The van der Waals surface area contributed by atoms with Crippen LogP contribution in [-0.2, 0) is 22.7 Å². The first-order valence-corrected chi connectivity index (χ1v) is 9.71. The van der Waals surface area contributed by atoms with Crippen molar-refractivity contribution in [1.82, 2.24) is 0 Å². The third-order valence-corrected chi connectivity index (χ3v) is 5.51. The lowest BCUT2D eigenvalue weighted by Crippen LogP contribution is -2.40. The average Bonchev–Trinajstić information content (AvgIpc) is 2.67. The molecule has 3 rings (SSSR count). The van der Waals surface area contributed by atoms with Gasteiger partial charge in [0.2, 0.25) is 0 Å². The molecule has 4 atom stereocenters. The average molecular weight is 375 g/mol. The molecule has 0 saturated heterocycles. The van der Waals surface area contributed by atoms with Crippen LogP contribution in [-0.4, -0.2) is 29.8 Å². The van der Waals surface area contributed by atoms with Gasteiger partial charge in [0.15, 0.2) is 0 Å². The van der Waals surface area contributed by atoms with Crippen LogP contribution in [0, 0.1) is 11.8 Å². The van der Waals surface area contributed by atoms with Crippen molar-refractivity contribution in [1.29, 1.82) is 0 Å². The third kappa shape index (κ3) is 5.82. The molecule has 0 bridgehead atoms. The summed E-state index contributed by atoms with van der Waals surface area (Å²) in [5.74, 6) is 0.569. The van der Waals surface area contributed by atoms with Crippen molar-refractivity contribution >= 4 is 11.6 Å². The Hall–Kier alpha value is -1.39. The molecule has 2 aromatic carbocycles. The number of alkyl halides is 1. The fourth-order valence-electron chi connectivity index (χ4n) is 3.50. The summed E-state index contributed by atoms with van der Waals surface area (Å²) in [7, 11) is 0. The minimum absolute atomic E-state index is 0.203. The van der Waals surface area contributed by atoms with E-state index in [0.717, 1.165) is 12.0 Å². The van der Waals surface area contributed by atoms with E-state index in [0.29, 0.717) is 38.8 Å². The van der Waals surface area contributed by atoms with Gasteiger partial charge in [0.1, 0.15) is 0 Å². The number of hydrogen-bond acceptors (Lipinski definition) is 3. The van der Waals surface area contributed by atoms with Gasteiger partial charge in [0.25, 0.3) is 0 Å². The summed E-state index contributed by atoms with van der Waals surface area (Å²) in [4.78, 5) is 0. The highest BCUT2D eigenvalue weighted by molar-refractivity contribution is 6.21. The predicted octanol–water partition coefficient (Wildman–Crippen LogP) is 4.41. The summed E-state index contributed by atoms with van der Waals surface area (Å²) in [6.45, 7) is 2.46. The van der Waals surface area contributed by atoms with Crippen LogP contribution < -0.4 is 0 Å². The van der Waals surface area contributed by atoms with Gasteiger partial charge in [-0.2, -0.15) is 0 Å². The van der Waals surface area contributed by atoms with Crippen molar-refractivity contribution < 1.29 is 14.6 Å². The highest BCUT2D eigenvalue weighted by Gasteiger charge is 2.35. The lowest BCUT2D eigenvalue weighted by atomic mass is 9.78. The van der Waals surface area contributed by atoms with Gasteiger partial charge in [0, 0.05) is 0 Å². The van der Waals surface area contributed by atoms with E-state index >= 15 is 0 Å². The van der Waals surface area contributed by atoms with Gasteiger partial charge in [-0.05, 0) is 35.8 Å². The number of aliphatic hydroxyl groups is 1. The maximum atomic E-state index is 10.2. The van der Waals surface area contributed by atoms with Crippen LogP contribution in [0.2, 0.25) is 0 Å². The summed E-state index contributed by atoms with van der Waals surface area (Å²) >= 11 is 6.31.